The zero-order valence-corrected chi connectivity index (χ0v) is 8.62. The lowest BCUT2D eigenvalue weighted by molar-refractivity contribution is -0.141. The predicted molar refractivity (Wildman–Crippen MR) is 52.7 cm³/mol. The van der Waals surface area contributed by atoms with Crippen molar-refractivity contribution in [3.8, 4) is 0 Å². The van der Waals surface area contributed by atoms with E-state index in [2.05, 4.69) is 5.32 Å². The summed E-state index contributed by atoms with van der Waals surface area (Å²) in [6.45, 7) is 3.93. The van der Waals surface area contributed by atoms with Gasteiger partial charge < -0.3 is 16.2 Å². The van der Waals surface area contributed by atoms with Gasteiger partial charge >= 0.3 is 5.97 Å². The molecule has 0 saturated carbocycles. The van der Waals surface area contributed by atoms with Crippen LogP contribution in [0.25, 0.3) is 0 Å². The molecule has 0 saturated heterocycles. The molecule has 5 heteroatoms. The molecule has 0 heterocycles. The zero-order valence-electron chi connectivity index (χ0n) is 8.62. The molecular formula is C9H18N2O3. The molecule has 5 nitrogen and oxygen atoms in total. The van der Waals surface area contributed by atoms with E-state index in [-0.39, 0.29) is 5.91 Å². The zero-order chi connectivity index (χ0) is 11.1. The lowest BCUT2D eigenvalue weighted by Gasteiger charge is -2.11. The first-order valence-electron chi connectivity index (χ1n) is 4.69. The average Bonchev–Trinajstić information content (AvgIpc) is 2.13. The highest BCUT2D eigenvalue weighted by atomic mass is 16.4. The van der Waals surface area contributed by atoms with Crippen LogP contribution in [0.2, 0.25) is 0 Å². The van der Waals surface area contributed by atoms with Crippen molar-refractivity contribution in [2.24, 2.45) is 11.7 Å². The van der Waals surface area contributed by atoms with Crippen LogP contribution in [0, 0.1) is 5.92 Å². The van der Waals surface area contributed by atoms with Gasteiger partial charge in [-0.2, -0.15) is 0 Å². The number of nitrogens with one attached hydrogen (secondary N) is 1. The predicted octanol–water partition coefficient (Wildman–Crippen LogP) is -0.0493. The Balaban J connectivity index is 3.71. The second-order valence-electron chi connectivity index (χ2n) is 3.51. The molecular weight excluding hydrogens is 184 g/mol. The molecule has 0 aliphatic carbocycles. The molecule has 0 fully saturated rings. The summed E-state index contributed by atoms with van der Waals surface area (Å²) in [7, 11) is 0. The van der Waals surface area contributed by atoms with Gasteiger partial charge in [-0.1, -0.05) is 6.92 Å². The highest BCUT2D eigenvalue weighted by Gasteiger charge is 2.13. The monoisotopic (exact) mass is 202 g/mol. The second kappa shape index (κ2) is 6.37. The minimum atomic E-state index is -1.02. The van der Waals surface area contributed by atoms with Gasteiger partial charge in [0, 0.05) is 6.42 Å². The van der Waals surface area contributed by atoms with Gasteiger partial charge in [0.2, 0.25) is 5.91 Å². The summed E-state index contributed by atoms with van der Waals surface area (Å²) in [6, 6.07) is -0.823. The van der Waals surface area contributed by atoms with Gasteiger partial charge in [0.05, 0.1) is 0 Å². The van der Waals surface area contributed by atoms with Gasteiger partial charge in [-0.15, -0.1) is 0 Å². The van der Waals surface area contributed by atoms with Crippen LogP contribution >= 0.6 is 0 Å². The third kappa shape index (κ3) is 5.53. The summed E-state index contributed by atoms with van der Waals surface area (Å²) in [6.07, 6.45) is 1.02. The van der Waals surface area contributed by atoms with E-state index in [0.29, 0.717) is 25.3 Å². The van der Waals surface area contributed by atoms with E-state index in [9.17, 15) is 9.59 Å². The van der Waals surface area contributed by atoms with Gasteiger partial charge in [0.25, 0.3) is 0 Å². The Hall–Kier alpha value is -1.10. The molecule has 0 aromatic rings. The number of rotatable bonds is 6. The SMILES string of the molecule is CC(CN)CCC(=O)N[C@H](C)C(=O)O. The highest BCUT2D eigenvalue weighted by molar-refractivity contribution is 5.83. The minimum Gasteiger partial charge on any atom is -0.480 e. The van der Waals surface area contributed by atoms with Crippen molar-refractivity contribution >= 4 is 11.9 Å². The van der Waals surface area contributed by atoms with Crippen molar-refractivity contribution in [3.05, 3.63) is 0 Å². The molecule has 0 rings (SSSR count). The molecule has 1 unspecified atom stereocenters. The Morgan fingerprint density at radius 1 is 1.43 bits per heavy atom. The third-order valence-electron chi connectivity index (χ3n) is 2.01. The third-order valence-corrected chi connectivity index (χ3v) is 2.01. The Morgan fingerprint density at radius 3 is 2.43 bits per heavy atom. The highest BCUT2D eigenvalue weighted by Crippen LogP contribution is 2.02. The van der Waals surface area contributed by atoms with Crippen LogP contribution in [0.3, 0.4) is 0 Å². The number of hydrogen-bond donors (Lipinski definition) is 3. The van der Waals surface area contributed by atoms with Crippen molar-refractivity contribution < 1.29 is 14.7 Å². The fourth-order valence-corrected chi connectivity index (χ4v) is 0.871. The number of hydrogen-bond acceptors (Lipinski definition) is 3. The van der Waals surface area contributed by atoms with E-state index < -0.39 is 12.0 Å². The van der Waals surface area contributed by atoms with Gasteiger partial charge in [0.15, 0.2) is 0 Å². The molecule has 0 radical (unpaired) electrons. The fourth-order valence-electron chi connectivity index (χ4n) is 0.871. The minimum absolute atomic E-state index is 0.236. The smallest absolute Gasteiger partial charge is 0.325 e. The number of carboxylic acids is 1. The van der Waals surface area contributed by atoms with Crippen LogP contribution in [0.4, 0.5) is 0 Å². The van der Waals surface area contributed by atoms with E-state index in [4.69, 9.17) is 10.8 Å². The van der Waals surface area contributed by atoms with Gasteiger partial charge in [-0.05, 0) is 25.8 Å². The standard InChI is InChI=1S/C9H18N2O3/c1-6(5-10)3-4-8(12)11-7(2)9(13)14/h6-7H,3-5,10H2,1-2H3,(H,11,12)(H,13,14)/t6?,7-/m1/s1. The summed E-state index contributed by atoms with van der Waals surface area (Å²) in [4.78, 5) is 21.6. The fraction of sp³-hybridized carbons (Fsp3) is 0.778. The van der Waals surface area contributed by atoms with E-state index in [1.165, 1.54) is 6.92 Å². The number of carboxylic acid groups (broad SMARTS) is 1. The molecule has 0 aromatic heterocycles. The summed E-state index contributed by atoms with van der Waals surface area (Å²) in [5.41, 5.74) is 5.38. The Labute approximate surface area is 83.7 Å². The largest absolute Gasteiger partial charge is 0.480 e. The van der Waals surface area contributed by atoms with Crippen LogP contribution in [0.5, 0.6) is 0 Å². The maximum atomic E-state index is 11.2. The number of aliphatic carboxylic acids is 1. The molecule has 1 amide bonds. The first-order valence-corrected chi connectivity index (χ1v) is 4.69. The van der Waals surface area contributed by atoms with Crippen LogP contribution < -0.4 is 11.1 Å². The maximum absolute atomic E-state index is 11.2. The molecule has 2 atom stereocenters. The summed E-state index contributed by atoms with van der Waals surface area (Å²) in [5.74, 6) is -0.966. The molecule has 14 heavy (non-hydrogen) atoms. The quantitative estimate of drug-likeness (QED) is 0.563. The van der Waals surface area contributed by atoms with E-state index >= 15 is 0 Å². The molecule has 0 aliphatic heterocycles. The van der Waals surface area contributed by atoms with Crippen LogP contribution in [0.1, 0.15) is 26.7 Å². The molecule has 0 aliphatic rings. The molecule has 0 aromatic carbocycles. The number of nitrogens with two attached hydrogens (primary N) is 1. The lowest BCUT2D eigenvalue weighted by atomic mass is 10.1. The summed E-state index contributed by atoms with van der Waals surface area (Å²) < 4.78 is 0. The van der Waals surface area contributed by atoms with E-state index in [0.717, 1.165) is 0 Å². The number of carbonyl (C=O) groups is 2. The first kappa shape index (κ1) is 12.9. The van der Waals surface area contributed by atoms with Crippen LogP contribution in [-0.4, -0.2) is 29.6 Å². The van der Waals surface area contributed by atoms with Crippen molar-refractivity contribution in [1.82, 2.24) is 5.32 Å². The average molecular weight is 202 g/mol. The van der Waals surface area contributed by atoms with Gasteiger partial charge in [-0.3, -0.25) is 9.59 Å². The Morgan fingerprint density at radius 2 is 2.00 bits per heavy atom. The molecule has 4 N–H and O–H groups in total. The number of amides is 1. The lowest BCUT2D eigenvalue weighted by Crippen LogP contribution is -2.38. The van der Waals surface area contributed by atoms with Gasteiger partial charge in [-0.25, -0.2) is 0 Å². The molecule has 82 valence electrons. The van der Waals surface area contributed by atoms with E-state index in [1.807, 2.05) is 6.92 Å². The van der Waals surface area contributed by atoms with Crippen LogP contribution in [0.15, 0.2) is 0 Å². The number of carbonyl (C=O) groups excluding carboxylic acids is 1. The van der Waals surface area contributed by atoms with Crippen molar-refractivity contribution in [1.29, 1.82) is 0 Å². The molecule has 0 bridgehead atoms. The Kier molecular flexibility index (Phi) is 5.87. The first-order chi connectivity index (χ1) is 6.47. The van der Waals surface area contributed by atoms with Crippen molar-refractivity contribution in [2.45, 2.75) is 32.7 Å². The van der Waals surface area contributed by atoms with Gasteiger partial charge in [0.1, 0.15) is 6.04 Å². The Bertz CT molecular complexity index is 206. The molecule has 0 spiro atoms. The summed E-state index contributed by atoms with van der Waals surface area (Å²) >= 11 is 0. The normalized spacial score (nSPS) is 14.5. The summed E-state index contributed by atoms with van der Waals surface area (Å²) in [5, 5.41) is 10.9. The second-order valence-corrected chi connectivity index (χ2v) is 3.51. The topological polar surface area (TPSA) is 92.4 Å². The maximum Gasteiger partial charge on any atom is 0.325 e. The van der Waals surface area contributed by atoms with Crippen LogP contribution in [-0.2, 0) is 9.59 Å². The van der Waals surface area contributed by atoms with Crippen molar-refractivity contribution in [3.63, 3.8) is 0 Å². The van der Waals surface area contributed by atoms with E-state index in [1.54, 1.807) is 0 Å². The van der Waals surface area contributed by atoms with Crippen molar-refractivity contribution in [2.75, 3.05) is 6.54 Å².